The summed E-state index contributed by atoms with van der Waals surface area (Å²) in [5.74, 6) is 2.10. The molecule has 2 aliphatic rings. The Kier molecular flexibility index (Phi) is 3.43. The minimum absolute atomic E-state index is 0.629. The van der Waals surface area contributed by atoms with Crippen molar-refractivity contribution in [2.45, 2.75) is 39.0 Å². The zero-order valence-electron chi connectivity index (χ0n) is 9.34. The van der Waals surface area contributed by atoms with Crippen LogP contribution in [0.4, 0.5) is 0 Å². The summed E-state index contributed by atoms with van der Waals surface area (Å²) in [5.41, 5.74) is 0.629. The van der Waals surface area contributed by atoms with Gasteiger partial charge in [0, 0.05) is 13.1 Å². The Morgan fingerprint density at radius 1 is 1.43 bits per heavy atom. The summed E-state index contributed by atoms with van der Waals surface area (Å²) in [6, 6.07) is 0. The molecule has 14 heavy (non-hydrogen) atoms. The van der Waals surface area contributed by atoms with Crippen molar-refractivity contribution in [3.63, 3.8) is 0 Å². The van der Waals surface area contributed by atoms with Crippen LogP contribution in [0.15, 0.2) is 0 Å². The Morgan fingerprint density at radius 2 is 2.21 bits per heavy atom. The Hall–Kier alpha value is 0.310. The number of nitrogens with zero attached hydrogens (tertiary/aromatic N) is 1. The lowest BCUT2D eigenvalue weighted by Crippen LogP contribution is -2.29. The van der Waals surface area contributed by atoms with Crippen molar-refractivity contribution in [1.82, 2.24) is 4.90 Å². The van der Waals surface area contributed by atoms with E-state index in [-0.39, 0.29) is 0 Å². The molecule has 0 amide bonds. The van der Waals surface area contributed by atoms with E-state index in [1.54, 1.807) is 0 Å². The second kappa shape index (κ2) is 4.44. The summed E-state index contributed by atoms with van der Waals surface area (Å²) in [5, 5.41) is 0. The van der Waals surface area contributed by atoms with Crippen LogP contribution in [0.25, 0.3) is 0 Å². The van der Waals surface area contributed by atoms with Crippen molar-refractivity contribution in [2.24, 2.45) is 11.3 Å². The van der Waals surface area contributed by atoms with Crippen LogP contribution in [0.2, 0.25) is 0 Å². The molecular formula is C12H23NS. The van der Waals surface area contributed by atoms with Crippen LogP contribution >= 0.6 is 12.6 Å². The van der Waals surface area contributed by atoms with Crippen LogP contribution in [0, 0.1) is 11.3 Å². The maximum Gasteiger partial charge on any atom is 0.00459 e. The van der Waals surface area contributed by atoms with Gasteiger partial charge in [0.1, 0.15) is 0 Å². The molecule has 0 aromatic carbocycles. The number of hydrogen-bond donors (Lipinski definition) is 1. The van der Waals surface area contributed by atoms with Gasteiger partial charge in [-0.1, -0.05) is 13.3 Å². The molecule has 1 aliphatic carbocycles. The van der Waals surface area contributed by atoms with Crippen molar-refractivity contribution in [3.8, 4) is 0 Å². The number of rotatable bonds is 5. The molecule has 1 aliphatic heterocycles. The van der Waals surface area contributed by atoms with Crippen molar-refractivity contribution in [3.05, 3.63) is 0 Å². The Labute approximate surface area is 93.7 Å². The zero-order chi connectivity index (χ0) is 10.0. The third-order valence-corrected chi connectivity index (χ3v) is 4.59. The molecule has 0 aromatic rings. The van der Waals surface area contributed by atoms with E-state index in [1.807, 2.05) is 0 Å². The van der Waals surface area contributed by atoms with E-state index >= 15 is 0 Å². The molecule has 82 valence electrons. The highest BCUT2D eigenvalue weighted by Crippen LogP contribution is 2.47. The maximum absolute atomic E-state index is 4.47. The van der Waals surface area contributed by atoms with Gasteiger partial charge in [-0.3, -0.25) is 0 Å². The summed E-state index contributed by atoms with van der Waals surface area (Å²) in [6.45, 7) is 6.35. The SMILES string of the molecule is CCCC1CCN(CC2(CS)CC2)C1. The molecule has 2 fully saturated rings. The lowest BCUT2D eigenvalue weighted by atomic mass is 10.0. The van der Waals surface area contributed by atoms with E-state index < -0.39 is 0 Å². The lowest BCUT2D eigenvalue weighted by Gasteiger charge is -2.21. The second-order valence-corrected chi connectivity index (χ2v) is 5.65. The van der Waals surface area contributed by atoms with E-state index in [0.717, 1.165) is 11.7 Å². The number of likely N-dealkylation sites (tertiary alicyclic amines) is 1. The van der Waals surface area contributed by atoms with E-state index in [1.165, 1.54) is 51.7 Å². The topological polar surface area (TPSA) is 3.24 Å². The number of hydrogen-bond acceptors (Lipinski definition) is 2. The predicted octanol–water partition coefficient (Wildman–Crippen LogP) is 2.82. The normalized spacial score (nSPS) is 30.9. The molecule has 0 aromatic heterocycles. The fourth-order valence-electron chi connectivity index (χ4n) is 2.72. The molecule has 0 bridgehead atoms. The molecule has 1 saturated carbocycles. The average Bonchev–Trinajstić information content (AvgIpc) is 2.82. The summed E-state index contributed by atoms with van der Waals surface area (Å²) in [7, 11) is 0. The summed E-state index contributed by atoms with van der Waals surface area (Å²) < 4.78 is 0. The van der Waals surface area contributed by atoms with Crippen molar-refractivity contribution in [2.75, 3.05) is 25.4 Å². The minimum atomic E-state index is 0.629. The first kappa shape index (κ1) is 10.8. The van der Waals surface area contributed by atoms with Gasteiger partial charge in [0.15, 0.2) is 0 Å². The van der Waals surface area contributed by atoms with Crippen LogP contribution in [0.5, 0.6) is 0 Å². The fourth-order valence-corrected chi connectivity index (χ4v) is 3.13. The van der Waals surface area contributed by atoms with Gasteiger partial charge in [-0.2, -0.15) is 12.6 Å². The molecule has 1 unspecified atom stereocenters. The zero-order valence-corrected chi connectivity index (χ0v) is 10.2. The molecule has 1 nitrogen and oxygen atoms in total. The largest absolute Gasteiger partial charge is 0.302 e. The third kappa shape index (κ3) is 2.46. The quantitative estimate of drug-likeness (QED) is 0.687. The van der Waals surface area contributed by atoms with E-state index in [0.29, 0.717) is 5.41 Å². The summed E-state index contributed by atoms with van der Waals surface area (Å²) >= 11 is 4.47. The molecular weight excluding hydrogens is 190 g/mol. The molecule has 1 saturated heterocycles. The molecule has 0 N–H and O–H groups in total. The van der Waals surface area contributed by atoms with Gasteiger partial charge >= 0.3 is 0 Å². The second-order valence-electron chi connectivity index (χ2n) is 5.34. The Bertz CT molecular complexity index is 189. The molecule has 0 radical (unpaired) electrons. The summed E-state index contributed by atoms with van der Waals surface area (Å²) in [4.78, 5) is 2.68. The molecule has 1 heterocycles. The van der Waals surface area contributed by atoms with E-state index in [2.05, 4.69) is 24.5 Å². The highest BCUT2D eigenvalue weighted by molar-refractivity contribution is 7.80. The number of thiol groups is 1. The van der Waals surface area contributed by atoms with Gasteiger partial charge < -0.3 is 4.90 Å². The van der Waals surface area contributed by atoms with Crippen LogP contribution < -0.4 is 0 Å². The molecule has 2 heteroatoms. The smallest absolute Gasteiger partial charge is 0.00459 e. The van der Waals surface area contributed by atoms with Crippen molar-refractivity contribution >= 4 is 12.6 Å². The van der Waals surface area contributed by atoms with Crippen LogP contribution in [0.1, 0.15) is 39.0 Å². The van der Waals surface area contributed by atoms with Crippen molar-refractivity contribution in [1.29, 1.82) is 0 Å². The highest BCUT2D eigenvalue weighted by atomic mass is 32.1. The maximum atomic E-state index is 4.47. The van der Waals surface area contributed by atoms with E-state index in [9.17, 15) is 0 Å². The first-order valence-corrected chi connectivity index (χ1v) is 6.74. The van der Waals surface area contributed by atoms with Gasteiger partial charge in [0.05, 0.1) is 0 Å². The standard InChI is InChI=1S/C12H23NS/c1-2-3-11-4-7-13(8-11)9-12(10-14)5-6-12/h11,14H,2-10H2,1H3. The van der Waals surface area contributed by atoms with Gasteiger partial charge in [-0.25, -0.2) is 0 Å². The highest BCUT2D eigenvalue weighted by Gasteiger charge is 2.43. The van der Waals surface area contributed by atoms with Crippen LogP contribution in [-0.2, 0) is 0 Å². The van der Waals surface area contributed by atoms with Crippen LogP contribution in [0.3, 0.4) is 0 Å². The molecule has 0 spiro atoms. The van der Waals surface area contributed by atoms with Gasteiger partial charge in [-0.05, 0) is 49.3 Å². The van der Waals surface area contributed by atoms with Gasteiger partial charge in [-0.15, -0.1) is 0 Å². The average molecular weight is 213 g/mol. The van der Waals surface area contributed by atoms with Gasteiger partial charge in [0.25, 0.3) is 0 Å². The van der Waals surface area contributed by atoms with E-state index in [4.69, 9.17) is 0 Å². The Morgan fingerprint density at radius 3 is 2.79 bits per heavy atom. The predicted molar refractivity (Wildman–Crippen MR) is 65.0 cm³/mol. The third-order valence-electron chi connectivity index (χ3n) is 3.92. The van der Waals surface area contributed by atoms with Crippen molar-refractivity contribution < 1.29 is 0 Å². The molecule has 2 rings (SSSR count). The monoisotopic (exact) mass is 213 g/mol. The Balaban J connectivity index is 1.73. The lowest BCUT2D eigenvalue weighted by molar-refractivity contribution is 0.267. The first-order chi connectivity index (χ1) is 6.78. The summed E-state index contributed by atoms with van der Waals surface area (Å²) in [6.07, 6.45) is 7.08. The van der Waals surface area contributed by atoms with Gasteiger partial charge in [0.2, 0.25) is 0 Å². The molecule has 1 atom stereocenters. The minimum Gasteiger partial charge on any atom is -0.302 e. The first-order valence-electron chi connectivity index (χ1n) is 6.11. The van der Waals surface area contributed by atoms with Crippen LogP contribution in [-0.4, -0.2) is 30.3 Å². The fraction of sp³-hybridized carbons (Fsp3) is 1.00.